The van der Waals surface area contributed by atoms with Gasteiger partial charge in [-0.1, -0.05) is 0 Å². The van der Waals surface area contributed by atoms with Crippen molar-refractivity contribution in [3.8, 4) is 10.6 Å². The Bertz CT molecular complexity index is 872. The standard InChI is InChI=1S/C19H19N5OS/c25-18(16-13-22-19(26-16)14-6-8-20-9-7-14)23-15-4-5-17(21-12-15)24-10-2-1-3-11-24/h4-9,12-13H,1-3,10-11H2,(H,23,25). The van der Waals surface area contributed by atoms with Crippen LogP contribution in [0, 0.1) is 0 Å². The Morgan fingerprint density at radius 3 is 2.54 bits per heavy atom. The van der Waals surface area contributed by atoms with Crippen molar-refractivity contribution in [2.24, 2.45) is 0 Å². The fourth-order valence-corrected chi connectivity index (χ4v) is 3.79. The largest absolute Gasteiger partial charge is 0.357 e. The predicted octanol–water partition coefficient (Wildman–Crippen LogP) is 3.84. The molecule has 0 spiro atoms. The van der Waals surface area contributed by atoms with Gasteiger partial charge in [0.2, 0.25) is 0 Å². The van der Waals surface area contributed by atoms with Crippen molar-refractivity contribution in [3.05, 3.63) is 53.9 Å². The van der Waals surface area contributed by atoms with Gasteiger partial charge in [-0.15, -0.1) is 11.3 Å². The molecule has 1 aliphatic rings. The quantitative estimate of drug-likeness (QED) is 0.760. The van der Waals surface area contributed by atoms with Crippen LogP contribution in [0.2, 0.25) is 0 Å². The molecule has 6 nitrogen and oxygen atoms in total. The number of carbonyl (C=O) groups is 1. The van der Waals surface area contributed by atoms with Crippen LogP contribution in [0.1, 0.15) is 28.9 Å². The molecule has 0 unspecified atom stereocenters. The first-order chi connectivity index (χ1) is 12.8. The van der Waals surface area contributed by atoms with Gasteiger partial charge in [-0.05, 0) is 43.5 Å². The third-order valence-electron chi connectivity index (χ3n) is 4.34. The maximum absolute atomic E-state index is 12.5. The Balaban J connectivity index is 1.42. The second-order valence-corrected chi connectivity index (χ2v) is 7.20. The summed E-state index contributed by atoms with van der Waals surface area (Å²) in [5.74, 6) is 0.802. The molecule has 1 fully saturated rings. The third kappa shape index (κ3) is 3.72. The van der Waals surface area contributed by atoms with Gasteiger partial charge in [0.1, 0.15) is 15.7 Å². The Kier molecular flexibility index (Phi) is 4.88. The molecule has 1 saturated heterocycles. The number of rotatable bonds is 4. The van der Waals surface area contributed by atoms with E-state index in [2.05, 4.69) is 25.2 Å². The van der Waals surface area contributed by atoms with E-state index < -0.39 is 0 Å². The van der Waals surface area contributed by atoms with Crippen LogP contribution < -0.4 is 10.2 Å². The molecular weight excluding hydrogens is 346 g/mol. The highest BCUT2D eigenvalue weighted by Gasteiger charge is 2.14. The van der Waals surface area contributed by atoms with Crippen LogP contribution in [0.25, 0.3) is 10.6 Å². The van der Waals surface area contributed by atoms with Crippen LogP contribution in [-0.2, 0) is 0 Å². The van der Waals surface area contributed by atoms with E-state index in [0.717, 1.165) is 29.5 Å². The summed E-state index contributed by atoms with van der Waals surface area (Å²) in [6, 6.07) is 7.63. The topological polar surface area (TPSA) is 71.0 Å². The number of nitrogens with one attached hydrogen (secondary N) is 1. The van der Waals surface area contributed by atoms with E-state index >= 15 is 0 Å². The highest BCUT2D eigenvalue weighted by atomic mass is 32.1. The second kappa shape index (κ2) is 7.61. The molecule has 0 bridgehead atoms. The van der Waals surface area contributed by atoms with E-state index in [1.165, 1.54) is 30.6 Å². The van der Waals surface area contributed by atoms with Gasteiger partial charge in [0.05, 0.1) is 18.1 Å². The summed E-state index contributed by atoms with van der Waals surface area (Å²) in [4.78, 5) is 28.1. The van der Waals surface area contributed by atoms with E-state index in [9.17, 15) is 4.79 Å². The monoisotopic (exact) mass is 365 g/mol. The Hall–Kier alpha value is -2.80. The van der Waals surface area contributed by atoms with Crippen LogP contribution in [0.3, 0.4) is 0 Å². The molecular formula is C19H19N5OS. The fraction of sp³-hybridized carbons (Fsp3) is 0.263. The number of aromatic nitrogens is 3. The average Bonchev–Trinajstić information content (AvgIpc) is 3.20. The molecule has 132 valence electrons. The van der Waals surface area contributed by atoms with Gasteiger partial charge in [-0.3, -0.25) is 9.78 Å². The first kappa shape index (κ1) is 16.7. The van der Waals surface area contributed by atoms with Crippen LogP contribution in [0.5, 0.6) is 0 Å². The molecule has 4 heterocycles. The van der Waals surface area contributed by atoms with Crippen molar-refractivity contribution in [3.63, 3.8) is 0 Å². The third-order valence-corrected chi connectivity index (χ3v) is 5.39. The summed E-state index contributed by atoms with van der Waals surface area (Å²) in [6.07, 6.45) is 10.5. The minimum Gasteiger partial charge on any atom is -0.357 e. The Labute approximate surface area is 155 Å². The van der Waals surface area contributed by atoms with Gasteiger partial charge in [0, 0.05) is 31.0 Å². The molecule has 0 atom stereocenters. The van der Waals surface area contributed by atoms with Gasteiger partial charge < -0.3 is 10.2 Å². The lowest BCUT2D eigenvalue weighted by Gasteiger charge is -2.27. The number of hydrogen-bond acceptors (Lipinski definition) is 6. The van der Waals surface area contributed by atoms with Crippen molar-refractivity contribution in [2.75, 3.05) is 23.3 Å². The van der Waals surface area contributed by atoms with Crippen LogP contribution in [-0.4, -0.2) is 33.9 Å². The smallest absolute Gasteiger partial charge is 0.267 e. The van der Waals surface area contributed by atoms with E-state index in [1.54, 1.807) is 24.8 Å². The summed E-state index contributed by atoms with van der Waals surface area (Å²) < 4.78 is 0. The number of pyridine rings is 2. The van der Waals surface area contributed by atoms with Crippen LogP contribution in [0.15, 0.2) is 49.1 Å². The maximum Gasteiger partial charge on any atom is 0.267 e. The van der Waals surface area contributed by atoms with Crippen molar-refractivity contribution < 1.29 is 4.79 Å². The SMILES string of the molecule is O=C(Nc1ccc(N2CCCCC2)nc1)c1cnc(-c2ccncc2)s1. The van der Waals surface area contributed by atoms with Gasteiger partial charge in [-0.25, -0.2) is 9.97 Å². The minimum absolute atomic E-state index is 0.171. The molecule has 7 heteroatoms. The Morgan fingerprint density at radius 2 is 1.81 bits per heavy atom. The molecule has 0 aromatic carbocycles. The zero-order chi connectivity index (χ0) is 17.8. The molecule has 0 aliphatic carbocycles. The molecule has 0 saturated carbocycles. The number of thiazole rings is 1. The van der Waals surface area contributed by atoms with Crippen LogP contribution in [0.4, 0.5) is 11.5 Å². The fourth-order valence-electron chi connectivity index (χ4n) is 2.97. The van der Waals surface area contributed by atoms with Crippen molar-refractivity contribution in [1.82, 2.24) is 15.0 Å². The highest BCUT2D eigenvalue weighted by Crippen LogP contribution is 2.25. The summed E-state index contributed by atoms with van der Waals surface area (Å²) in [5.41, 5.74) is 1.64. The van der Waals surface area contributed by atoms with E-state index in [4.69, 9.17) is 0 Å². The van der Waals surface area contributed by atoms with E-state index in [-0.39, 0.29) is 5.91 Å². The van der Waals surface area contributed by atoms with E-state index in [1.807, 2.05) is 24.3 Å². The number of amides is 1. The summed E-state index contributed by atoms with van der Waals surface area (Å²) in [7, 11) is 0. The normalized spacial score (nSPS) is 14.2. The first-order valence-corrected chi connectivity index (χ1v) is 9.50. The molecule has 4 rings (SSSR count). The van der Waals surface area contributed by atoms with Gasteiger partial charge >= 0.3 is 0 Å². The van der Waals surface area contributed by atoms with E-state index in [0.29, 0.717) is 10.6 Å². The number of carbonyl (C=O) groups excluding carboxylic acids is 1. The van der Waals surface area contributed by atoms with Crippen LogP contribution >= 0.6 is 11.3 Å². The Morgan fingerprint density at radius 1 is 1.00 bits per heavy atom. The van der Waals surface area contributed by atoms with Gasteiger partial charge in [0.15, 0.2) is 0 Å². The van der Waals surface area contributed by atoms with Crippen molar-refractivity contribution in [1.29, 1.82) is 0 Å². The molecule has 3 aromatic rings. The lowest BCUT2D eigenvalue weighted by molar-refractivity contribution is 0.103. The average molecular weight is 365 g/mol. The summed E-state index contributed by atoms with van der Waals surface area (Å²) in [6.45, 7) is 2.11. The number of hydrogen-bond donors (Lipinski definition) is 1. The van der Waals surface area contributed by atoms with Gasteiger partial charge in [0.25, 0.3) is 5.91 Å². The molecule has 1 aliphatic heterocycles. The molecule has 0 radical (unpaired) electrons. The number of piperidine rings is 1. The zero-order valence-electron chi connectivity index (χ0n) is 14.3. The summed E-state index contributed by atoms with van der Waals surface area (Å²) >= 11 is 1.36. The minimum atomic E-state index is -0.171. The van der Waals surface area contributed by atoms with Gasteiger partial charge in [-0.2, -0.15) is 0 Å². The first-order valence-electron chi connectivity index (χ1n) is 8.68. The lowest BCUT2D eigenvalue weighted by atomic mass is 10.1. The number of anilines is 2. The molecule has 1 N–H and O–H groups in total. The molecule has 1 amide bonds. The van der Waals surface area contributed by atoms with Crippen molar-refractivity contribution in [2.45, 2.75) is 19.3 Å². The molecule has 3 aromatic heterocycles. The van der Waals surface area contributed by atoms with Crippen molar-refractivity contribution >= 4 is 28.7 Å². The zero-order valence-corrected chi connectivity index (χ0v) is 15.1. The number of nitrogens with zero attached hydrogens (tertiary/aromatic N) is 4. The highest BCUT2D eigenvalue weighted by molar-refractivity contribution is 7.17. The predicted molar refractivity (Wildman–Crippen MR) is 104 cm³/mol. The lowest BCUT2D eigenvalue weighted by Crippen LogP contribution is -2.30. The maximum atomic E-state index is 12.5. The molecule has 26 heavy (non-hydrogen) atoms. The summed E-state index contributed by atoms with van der Waals surface area (Å²) in [5, 5.41) is 3.69. The second-order valence-electron chi connectivity index (χ2n) is 6.17.